The molecule has 0 aliphatic heterocycles. The van der Waals surface area contributed by atoms with Crippen LogP contribution in [0.4, 0.5) is 8.78 Å². The SMILES string of the molecule is OC1CCCC(NCc2cc(F)cc(F)c2)C1. The normalized spacial score (nSPS) is 24.9. The van der Waals surface area contributed by atoms with Crippen LogP contribution in [0.25, 0.3) is 0 Å². The third-order valence-electron chi connectivity index (χ3n) is 3.16. The fourth-order valence-electron chi connectivity index (χ4n) is 2.32. The van der Waals surface area contributed by atoms with Gasteiger partial charge in [-0.3, -0.25) is 0 Å². The van der Waals surface area contributed by atoms with Gasteiger partial charge in [0, 0.05) is 18.7 Å². The molecule has 0 saturated heterocycles. The lowest BCUT2D eigenvalue weighted by Crippen LogP contribution is -2.35. The van der Waals surface area contributed by atoms with Gasteiger partial charge < -0.3 is 10.4 Å². The second-order valence-electron chi connectivity index (χ2n) is 4.68. The van der Waals surface area contributed by atoms with Gasteiger partial charge in [0.25, 0.3) is 0 Å². The van der Waals surface area contributed by atoms with Gasteiger partial charge in [0.05, 0.1) is 6.10 Å². The Morgan fingerprint density at radius 2 is 1.88 bits per heavy atom. The van der Waals surface area contributed by atoms with Gasteiger partial charge in [0.2, 0.25) is 0 Å². The van der Waals surface area contributed by atoms with Crippen LogP contribution in [0.3, 0.4) is 0 Å². The Hall–Kier alpha value is -1.00. The van der Waals surface area contributed by atoms with Crippen molar-refractivity contribution in [3.8, 4) is 0 Å². The molecular weight excluding hydrogens is 224 g/mol. The molecule has 0 spiro atoms. The quantitative estimate of drug-likeness (QED) is 0.851. The molecular formula is C13H17F2NO. The number of aliphatic hydroxyl groups excluding tert-OH is 1. The second-order valence-corrected chi connectivity index (χ2v) is 4.68. The summed E-state index contributed by atoms with van der Waals surface area (Å²) in [5, 5.41) is 12.7. The third-order valence-corrected chi connectivity index (χ3v) is 3.16. The van der Waals surface area contributed by atoms with E-state index in [2.05, 4.69) is 5.32 Å². The molecule has 1 aromatic rings. The Balaban J connectivity index is 1.88. The molecule has 94 valence electrons. The second kappa shape index (κ2) is 5.56. The molecule has 0 radical (unpaired) electrons. The first kappa shape index (κ1) is 12.5. The molecule has 0 amide bonds. The van der Waals surface area contributed by atoms with Crippen LogP contribution in [0.1, 0.15) is 31.2 Å². The van der Waals surface area contributed by atoms with Crippen molar-refractivity contribution in [3.63, 3.8) is 0 Å². The molecule has 1 aliphatic carbocycles. The van der Waals surface area contributed by atoms with Crippen molar-refractivity contribution in [2.45, 2.75) is 44.4 Å². The van der Waals surface area contributed by atoms with Crippen molar-refractivity contribution >= 4 is 0 Å². The summed E-state index contributed by atoms with van der Waals surface area (Å²) in [5.74, 6) is -1.10. The topological polar surface area (TPSA) is 32.3 Å². The van der Waals surface area contributed by atoms with Crippen LogP contribution in [0.2, 0.25) is 0 Å². The van der Waals surface area contributed by atoms with Gasteiger partial charge in [-0.1, -0.05) is 0 Å². The van der Waals surface area contributed by atoms with Crippen LogP contribution >= 0.6 is 0 Å². The molecule has 2 nitrogen and oxygen atoms in total. The summed E-state index contributed by atoms with van der Waals surface area (Å²) in [4.78, 5) is 0. The van der Waals surface area contributed by atoms with Gasteiger partial charge in [-0.15, -0.1) is 0 Å². The van der Waals surface area contributed by atoms with Crippen LogP contribution in [-0.4, -0.2) is 17.3 Å². The van der Waals surface area contributed by atoms with Crippen LogP contribution in [-0.2, 0) is 6.54 Å². The number of rotatable bonds is 3. The maximum Gasteiger partial charge on any atom is 0.126 e. The molecule has 2 unspecified atom stereocenters. The molecule has 17 heavy (non-hydrogen) atoms. The molecule has 1 aromatic carbocycles. The molecule has 2 atom stereocenters. The van der Waals surface area contributed by atoms with E-state index in [4.69, 9.17) is 0 Å². The smallest absolute Gasteiger partial charge is 0.126 e. The highest BCUT2D eigenvalue weighted by Crippen LogP contribution is 2.19. The predicted octanol–water partition coefficient (Wildman–Crippen LogP) is 2.36. The molecule has 4 heteroatoms. The van der Waals surface area contributed by atoms with E-state index in [0.29, 0.717) is 12.1 Å². The van der Waals surface area contributed by atoms with Crippen LogP contribution in [0, 0.1) is 11.6 Å². The Kier molecular flexibility index (Phi) is 4.07. The van der Waals surface area contributed by atoms with E-state index in [1.165, 1.54) is 12.1 Å². The van der Waals surface area contributed by atoms with E-state index in [1.807, 2.05) is 0 Å². The Morgan fingerprint density at radius 1 is 1.18 bits per heavy atom. The molecule has 0 heterocycles. The van der Waals surface area contributed by atoms with Crippen LogP contribution < -0.4 is 5.32 Å². The molecule has 2 rings (SSSR count). The van der Waals surface area contributed by atoms with Crippen molar-refractivity contribution in [2.24, 2.45) is 0 Å². The number of hydrogen-bond donors (Lipinski definition) is 2. The standard InChI is InChI=1S/C13H17F2NO/c14-10-4-9(5-11(15)6-10)8-16-12-2-1-3-13(17)7-12/h4-6,12-13,16-17H,1-3,7-8H2. The summed E-state index contributed by atoms with van der Waals surface area (Å²) in [6.45, 7) is 0.437. The molecule has 1 fully saturated rings. The molecule has 0 aromatic heterocycles. The van der Waals surface area contributed by atoms with Crippen molar-refractivity contribution < 1.29 is 13.9 Å². The average Bonchev–Trinajstić information content (AvgIpc) is 2.25. The van der Waals surface area contributed by atoms with E-state index in [9.17, 15) is 13.9 Å². The van der Waals surface area contributed by atoms with Gasteiger partial charge in [0.15, 0.2) is 0 Å². The largest absolute Gasteiger partial charge is 0.393 e. The lowest BCUT2D eigenvalue weighted by Gasteiger charge is -2.26. The zero-order valence-corrected chi connectivity index (χ0v) is 9.63. The summed E-state index contributed by atoms with van der Waals surface area (Å²) >= 11 is 0. The van der Waals surface area contributed by atoms with E-state index < -0.39 is 11.6 Å². The van der Waals surface area contributed by atoms with E-state index >= 15 is 0 Å². The average molecular weight is 241 g/mol. The predicted molar refractivity (Wildman–Crippen MR) is 61.5 cm³/mol. The fourth-order valence-corrected chi connectivity index (χ4v) is 2.32. The first-order valence-electron chi connectivity index (χ1n) is 6.00. The van der Waals surface area contributed by atoms with Crippen molar-refractivity contribution in [2.75, 3.05) is 0 Å². The lowest BCUT2D eigenvalue weighted by molar-refractivity contribution is 0.111. The van der Waals surface area contributed by atoms with Gasteiger partial charge in [-0.05, 0) is 43.4 Å². The monoisotopic (exact) mass is 241 g/mol. The minimum absolute atomic E-state index is 0.241. The van der Waals surface area contributed by atoms with Gasteiger partial charge in [-0.2, -0.15) is 0 Å². The van der Waals surface area contributed by atoms with Gasteiger partial charge in [-0.25, -0.2) is 8.78 Å². The maximum absolute atomic E-state index is 12.9. The summed E-state index contributed by atoms with van der Waals surface area (Å²) < 4.78 is 25.9. The summed E-state index contributed by atoms with van der Waals surface area (Å²) in [7, 11) is 0. The van der Waals surface area contributed by atoms with Crippen molar-refractivity contribution in [1.82, 2.24) is 5.32 Å². The zero-order chi connectivity index (χ0) is 12.3. The highest BCUT2D eigenvalue weighted by molar-refractivity contribution is 5.17. The Bertz CT molecular complexity index is 363. The van der Waals surface area contributed by atoms with Crippen molar-refractivity contribution in [1.29, 1.82) is 0 Å². The number of hydrogen-bond acceptors (Lipinski definition) is 2. The number of nitrogens with one attached hydrogen (secondary N) is 1. The molecule has 1 saturated carbocycles. The molecule has 1 aliphatic rings. The molecule has 0 bridgehead atoms. The van der Waals surface area contributed by atoms with E-state index in [-0.39, 0.29) is 12.1 Å². The fraction of sp³-hybridized carbons (Fsp3) is 0.538. The summed E-state index contributed by atoms with van der Waals surface area (Å²) in [5.41, 5.74) is 0.600. The van der Waals surface area contributed by atoms with Gasteiger partial charge in [0.1, 0.15) is 11.6 Å². The first-order chi connectivity index (χ1) is 8.13. The number of benzene rings is 1. The zero-order valence-electron chi connectivity index (χ0n) is 9.63. The Morgan fingerprint density at radius 3 is 2.53 bits per heavy atom. The van der Waals surface area contributed by atoms with E-state index in [0.717, 1.165) is 31.7 Å². The van der Waals surface area contributed by atoms with Crippen LogP contribution in [0.5, 0.6) is 0 Å². The highest BCUT2D eigenvalue weighted by Gasteiger charge is 2.19. The first-order valence-corrected chi connectivity index (χ1v) is 6.00. The van der Waals surface area contributed by atoms with Crippen molar-refractivity contribution in [3.05, 3.63) is 35.4 Å². The third kappa shape index (κ3) is 3.75. The number of halogens is 2. The number of aliphatic hydroxyl groups is 1. The summed E-state index contributed by atoms with van der Waals surface area (Å²) in [6.07, 6.45) is 3.33. The minimum atomic E-state index is -0.550. The summed E-state index contributed by atoms with van der Waals surface area (Å²) in [6, 6.07) is 3.77. The van der Waals surface area contributed by atoms with Gasteiger partial charge >= 0.3 is 0 Å². The maximum atomic E-state index is 12.9. The van der Waals surface area contributed by atoms with Crippen LogP contribution in [0.15, 0.2) is 18.2 Å². The lowest BCUT2D eigenvalue weighted by atomic mass is 9.93. The minimum Gasteiger partial charge on any atom is -0.393 e. The Labute approximate surface area is 99.7 Å². The van der Waals surface area contributed by atoms with E-state index in [1.54, 1.807) is 0 Å². The molecule has 2 N–H and O–H groups in total. The highest BCUT2D eigenvalue weighted by atomic mass is 19.1.